The molecule has 1 aliphatic heterocycles. The van der Waals surface area contributed by atoms with E-state index in [-0.39, 0.29) is 11.9 Å². The summed E-state index contributed by atoms with van der Waals surface area (Å²) >= 11 is 0. The normalized spacial score (nSPS) is 17.2. The minimum Gasteiger partial charge on any atom is -0.284 e. The molecule has 0 bridgehead atoms. The maximum absolute atomic E-state index is 13.0. The number of rotatable bonds is 4. The average molecular weight is 414 g/mol. The van der Waals surface area contributed by atoms with Crippen molar-refractivity contribution in [1.82, 2.24) is 5.01 Å². The lowest BCUT2D eigenvalue weighted by Crippen LogP contribution is -2.36. The third-order valence-electron chi connectivity index (χ3n) is 4.74. The minimum atomic E-state index is -3.33. The molecule has 0 unspecified atom stereocenters. The number of carbonyl (C=O) groups is 1. The molecule has 0 fully saturated rings. The first kappa shape index (κ1) is 21.0. The number of hydrogen-bond donors (Lipinski definition) is 1. The van der Waals surface area contributed by atoms with Crippen molar-refractivity contribution in [2.24, 2.45) is 10.5 Å². The van der Waals surface area contributed by atoms with Gasteiger partial charge < -0.3 is 0 Å². The first-order valence-corrected chi connectivity index (χ1v) is 11.4. The highest BCUT2D eigenvalue weighted by atomic mass is 32.2. The van der Waals surface area contributed by atoms with Crippen molar-refractivity contribution < 1.29 is 13.2 Å². The van der Waals surface area contributed by atoms with Crippen LogP contribution in [0, 0.1) is 12.3 Å². The number of sulfonamides is 1. The molecule has 6 nitrogen and oxygen atoms in total. The Hall–Kier alpha value is -2.67. The largest absolute Gasteiger partial charge is 0.284 e. The Morgan fingerprint density at radius 3 is 2.17 bits per heavy atom. The molecular weight excluding hydrogens is 386 g/mol. The SMILES string of the molecule is Cc1ccc([C@H]2CC(c3ccc(NS(C)(=O)=O)cc3)=NN2C(=O)C(C)(C)C)cc1. The monoisotopic (exact) mass is 413 g/mol. The lowest BCUT2D eigenvalue weighted by atomic mass is 9.92. The van der Waals surface area contributed by atoms with Crippen molar-refractivity contribution >= 4 is 27.3 Å². The summed E-state index contributed by atoms with van der Waals surface area (Å²) in [6.45, 7) is 7.70. The summed E-state index contributed by atoms with van der Waals surface area (Å²) in [5.41, 5.74) is 3.82. The summed E-state index contributed by atoms with van der Waals surface area (Å²) in [6, 6.07) is 15.1. The predicted molar refractivity (Wildman–Crippen MR) is 116 cm³/mol. The van der Waals surface area contributed by atoms with Gasteiger partial charge in [0.1, 0.15) is 0 Å². The van der Waals surface area contributed by atoms with Gasteiger partial charge >= 0.3 is 0 Å². The number of nitrogens with one attached hydrogen (secondary N) is 1. The molecular formula is C22H27N3O3S. The molecule has 1 N–H and O–H groups in total. The highest BCUT2D eigenvalue weighted by Gasteiger charge is 2.37. The summed E-state index contributed by atoms with van der Waals surface area (Å²) in [5.74, 6) is -0.0339. The molecule has 1 amide bonds. The second kappa shape index (κ2) is 7.63. The standard InChI is InChI=1S/C22H27N3O3S/c1-15-6-8-17(9-7-15)20-14-19(23-25(20)21(26)22(2,3)4)16-10-12-18(13-11-16)24-29(5,27)28/h6-13,20,24H,14H2,1-5H3/t20-/m1/s1. The van der Waals surface area contributed by atoms with Gasteiger partial charge in [-0.3, -0.25) is 9.52 Å². The van der Waals surface area contributed by atoms with Crippen LogP contribution >= 0.6 is 0 Å². The number of amides is 1. The molecule has 2 aromatic carbocycles. The Morgan fingerprint density at radius 2 is 1.66 bits per heavy atom. The maximum atomic E-state index is 13.0. The highest BCUT2D eigenvalue weighted by molar-refractivity contribution is 7.92. The average Bonchev–Trinajstić information content (AvgIpc) is 3.05. The van der Waals surface area contributed by atoms with Gasteiger partial charge in [0, 0.05) is 17.5 Å². The van der Waals surface area contributed by atoms with Crippen molar-refractivity contribution in [2.45, 2.75) is 40.2 Å². The van der Waals surface area contributed by atoms with Crippen molar-refractivity contribution in [2.75, 3.05) is 11.0 Å². The van der Waals surface area contributed by atoms with E-state index in [1.54, 1.807) is 17.1 Å². The van der Waals surface area contributed by atoms with Gasteiger partial charge in [0.2, 0.25) is 15.9 Å². The van der Waals surface area contributed by atoms with Gasteiger partial charge in [-0.1, -0.05) is 62.7 Å². The highest BCUT2D eigenvalue weighted by Crippen LogP contribution is 2.36. The number of hydrazone groups is 1. The van der Waals surface area contributed by atoms with E-state index in [1.165, 1.54) is 0 Å². The fourth-order valence-electron chi connectivity index (χ4n) is 3.21. The van der Waals surface area contributed by atoms with E-state index in [2.05, 4.69) is 9.82 Å². The number of aryl methyl sites for hydroxylation is 1. The van der Waals surface area contributed by atoms with Crippen LogP contribution in [0.4, 0.5) is 5.69 Å². The number of benzene rings is 2. The third-order valence-corrected chi connectivity index (χ3v) is 5.35. The Balaban J connectivity index is 1.93. The van der Waals surface area contributed by atoms with E-state index in [9.17, 15) is 13.2 Å². The van der Waals surface area contributed by atoms with Crippen LogP contribution in [-0.4, -0.2) is 31.3 Å². The Morgan fingerprint density at radius 1 is 1.07 bits per heavy atom. The molecule has 1 atom stereocenters. The molecule has 2 aromatic rings. The molecule has 7 heteroatoms. The second-order valence-electron chi connectivity index (χ2n) is 8.53. The third kappa shape index (κ3) is 5.03. The molecule has 0 spiro atoms. The summed E-state index contributed by atoms with van der Waals surface area (Å²) in [7, 11) is -3.33. The van der Waals surface area contributed by atoms with Gasteiger partial charge in [0.15, 0.2) is 0 Å². The number of hydrogen-bond acceptors (Lipinski definition) is 4. The molecule has 1 heterocycles. The number of nitrogens with zero attached hydrogens (tertiary/aromatic N) is 2. The zero-order valence-electron chi connectivity index (χ0n) is 17.4. The van der Waals surface area contributed by atoms with Crippen molar-refractivity contribution in [3.8, 4) is 0 Å². The zero-order chi connectivity index (χ0) is 21.4. The van der Waals surface area contributed by atoms with Gasteiger partial charge in [-0.25, -0.2) is 13.4 Å². The Labute approximate surface area is 172 Å². The smallest absolute Gasteiger partial charge is 0.248 e. The van der Waals surface area contributed by atoms with E-state index in [0.717, 1.165) is 28.7 Å². The van der Waals surface area contributed by atoms with Gasteiger partial charge in [0.05, 0.1) is 18.0 Å². The maximum Gasteiger partial charge on any atom is 0.248 e. The van der Waals surface area contributed by atoms with E-state index in [0.29, 0.717) is 12.1 Å². The molecule has 0 aliphatic carbocycles. The van der Waals surface area contributed by atoms with Gasteiger partial charge in [-0.15, -0.1) is 0 Å². The van der Waals surface area contributed by atoms with Crippen LogP contribution in [0.1, 0.15) is 49.9 Å². The van der Waals surface area contributed by atoms with E-state index in [1.807, 2.05) is 64.1 Å². The molecule has 154 valence electrons. The van der Waals surface area contributed by atoms with Gasteiger partial charge in [0.25, 0.3) is 0 Å². The topological polar surface area (TPSA) is 78.8 Å². The number of anilines is 1. The molecule has 0 radical (unpaired) electrons. The minimum absolute atomic E-state index is 0.0339. The van der Waals surface area contributed by atoms with Crippen LogP contribution in [0.15, 0.2) is 53.6 Å². The predicted octanol–water partition coefficient (Wildman–Crippen LogP) is 4.09. The lowest BCUT2D eigenvalue weighted by molar-refractivity contribution is -0.141. The first-order chi connectivity index (χ1) is 13.4. The zero-order valence-corrected chi connectivity index (χ0v) is 18.2. The first-order valence-electron chi connectivity index (χ1n) is 9.50. The van der Waals surface area contributed by atoms with Gasteiger partial charge in [-0.05, 0) is 30.2 Å². The molecule has 1 aliphatic rings. The Kier molecular flexibility index (Phi) is 5.54. The molecule has 0 saturated carbocycles. The molecule has 0 saturated heterocycles. The summed E-state index contributed by atoms with van der Waals surface area (Å²) in [4.78, 5) is 13.0. The van der Waals surface area contributed by atoms with E-state index >= 15 is 0 Å². The Bertz CT molecular complexity index is 1030. The van der Waals surface area contributed by atoms with Crippen LogP contribution in [0.3, 0.4) is 0 Å². The second-order valence-corrected chi connectivity index (χ2v) is 10.3. The fourth-order valence-corrected chi connectivity index (χ4v) is 3.77. The van der Waals surface area contributed by atoms with Crippen molar-refractivity contribution in [3.05, 3.63) is 65.2 Å². The number of carbonyl (C=O) groups excluding carboxylic acids is 1. The van der Waals surface area contributed by atoms with Crippen LogP contribution in [0.25, 0.3) is 0 Å². The summed E-state index contributed by atoms with van der Waals surface area (Å²) in [5, 5.41) is 6.27. The molecule has 3 rings (SSSR count). The van der Waals surface area contributed by atoms with Crippen LogP contribution < -0.4 is 4.72 Å². The quantitative estimate of drug-likeness (QED) is 0.820. The van der Waals surface area contributed by atoms with Crippen molar-refractivity contribution in [3.63, 3.8) is 0 Å². The van der Waals surface area contributed by atoms with E-state index < -0.39 is 15.4 Å². The summed E-state index contributed by atoms with van der Waals surface area (Å²) in [6.07, 6.45) is 1.72. The van der Waals surface area contributed by atoms with Crippen LogP contribution in [0.5, 0.6) is 0 Å². The van der Waals surface area contributed by atoms with Crippen molar-refractivity contribution in [1.29, 1.82) is 0 Å². The summed E-state index contributed by atoms with van der Waals surface area (Å²) < 4.78 is 25.3. The molecule has 29 heavy (non-hydrogen) atoms. The van der Waals surface area contributed by atoms with Gasteiger partial charge in [-0.2, -0.15) is 5.10 Å². The van der Waals surface area contributed by atoms with E-state index in [4.69, 9.17) is 0 Å². The molecule has 0 aromatic heterocycles. The lowest BCUT2D eigenvalue weighted by Gasteiger charge is -2.28. The van der Waals surface area contributed by atoms with Crippen LogP contribution in [0.2, 0.25) is 0 Å². The fraction of sp³-hybridized carbons (Fsp3) is 0.364. The van der Waals surface area contributed by atoms with Crippen LogP contribution in [-0.2, 0) is 14.8 Å².